The summed E-state index contributed by atoms with van der Waals surface area (Å²) in [5, 5.41) is 0. The quantitative estimate of drug-likeness (QED) is 0.734. The van der Waals surface area contributed by atoms with Gasteiger partial charge < -0.3 is 0 Å². The molecule has 2 rings (SSSR count). The van der Waals surface area contributed by atoms with Gasteiger partial charge in [-0.2, -0.15) is 0 Å². The predicted octanol–water partition coefficient (Wildman–Crippen LogP) is 3.07. The first kappa shape index (κ1) is 11.6. The molecule has 0 bridgehead atoms. The molecule has 2 heteroatoms. The Hall–Kier alpha value is -1.83. The van der Waals surface area contributed by atoms with Gasteiger partial charge in [0, 0.05) is 16.9 Å². The third-order valence-corrected chi connectivity index (χ3v) is 3.54. The van der Waals surface area contributed by atoms with Gasteiger partial charge in [-0.1, -0.05) is 18.2 Å². The van der Waals surface area contributed by atoms with E-state index in [-0.39, 0.29) is 5.56 Å². The zero-order valence-corrected chi connectivity index (χ0v) is 10.7. The van der Waals surface area contributed by atoms with Gasteiger partial charge in [-0.3, -0.25) is 9.36 Å². The Balaban J connectivity index is 2.85. The van der Waals surface area contributed by atoms with Crippen LogP contribution in [0.3, 0.4) is 0 Å². The SMILES string of the molecule is Cc1c(C)c(C)n(-c2ccccc2)c(=O)c1C. The highest BCUT2D eigenvalue weighted by Crippen LogP contribution is 2.16. The van der Waals surface area contributed by atoms with Gasteiger partial charge in [-0.15, -0.1) is 0 Å². The maximum atomic E-state index is 12.3. The molecule has 17 heavy (non-hydrogen) atoms. The fourth-order valence-electron chi connectivity index (χ4n) is 2.09. The minimum atomic E-state index is 0.0804. The fourth-order valence-corrected chi connectivity index (χ4v) is 2.09. The predicted molar refractivity (Wildman–Crippen MR) is 71.0 cm³/mol. The average molecular weight is 227 g/mol. The molecule has 0 N–H and O–H groups in total. The summed E-state index contributed by atoms with van der Waals surface area (Å²) in [4.78, 5) is 12.3. The lowest BCUT2D eigenvalue weighted by atomic mass is 10.0. The van der Waals surface area contributed by atoms with Crippen molar-refractivity contribution in [3.63, 3.8) is 0 Å². The second-order valence-electron chi connectivity index (χ2n) is 4.44. The third kappa shape index (κ3) is 1.80. The summed E-state index contributed by atoms with van der Waals surface area (Å²) < 4.78 is 1.79. The summed E-state index contributed by atoms with van der Waals surface area (Å²) in [5.74, 6) is 0. The molecule has 0 aliphatic heterocycles. The van der Waals surface area contributed by atoms with Crippen molar-refractivity contribution in [1.29, 1.82) is 0 Å². The summed E-state index contributed by atoms with van der Waals surface area (Å²) in [6.45, 7) is 7.96. The van der Waals surface area contributed by atoms with Crippen LogP contribution in [0.2, 0.25) is 0 Å². The maximum Gasteiger partial charge on any atom is 0.258 e. The second kappa shape index (κ2) is 4.21. The van der Waals surface area contributed by atoms with E-state index in [1.807, 2.05) is 51.1 Å². The summed E-state index contributed by atoms with van der Waals surface area (Å²) in [5.41, 5.74) is 5.14. The Morgan fingerprint density at radius 1 is 0.824 bits per heavy atom. The monoisotopic (exact) mass is 227 g/mol. The average Bonchev–Trinajstić information content (AvgIpc) is 2.36. The van der Waals surface area contributed by atoms with Crippen LogP contribution < -0.4 is 5.56 Å². The van der Waals surface area contributed by atoms with Gasteiger partial charge in [0.25, 0.3) is 5.56 Å². The molecule has 0 aliphatic carbocycles. The molecule has 0 spiro atoms. The molecule has 1 heterocycles. The number of nitrogens with zero attached hydrogens (tertiary/aromatic N) is 1. The first-order valence-corrected chi connectivity index (χ1v) is 5.79. The van der Waals surface area contributed by atoms with Crippen LogP contribution in [0.25, 0.3) is 5.69 Å². The minimum Gasteiger partial charge on any atom is -0.281 e. The molecule has 0 saturated carbocycles. The largest absolute Gasteiger partial charge is 0.281 e. The molecule has 2 aromatic rings. The molecule has 0 amide bonds. The van der Waals surface area contributed by atoms with Gasteiger partial charge >= 0.3 is 0 Å². The summed E-state index contributed by atoms with van der Waals surface area (Å²) in [6, 6.07) is 9.78. The highest BCUT2D eigenvalue weighted by atomic mass is 16.1. The van der Waals surface area contributed by atoms with Crippen LogP contribution in [0, 0.1) is 27.7 Å². The number of pyridine rings is 1. The van der Waals surface area contributed by atoms with E-state index in [1.54, 1.807) is 4.57 Å². The molecule has 1 aromatic carbocycles. The van der Waals surface area contributed by atoms with Crippen molar-refractivity contribution in [3.8, 4) is 5.69 Å². The number of para-hydroxylation sites is 1. The van der Waals surface area contributed by atoms with Crippen molar-refractivity contribution in [1.82, 2.24) is 4.57 Å². The molecular formula is C15H17NO. The minimum absolute atomic E-state index is 0.0804. The molecule has 2 nitrogen and oxygen atoms in total. The van der Waals surface area contributed by atoms with Crippen LogP contribution in [-0.4, -0.2) is 4.57 Å². The highest BCUT2D eigenvalue weighted by Gasteiger charge is 2.11. The maximum absolute atomic E-state index is 12.3. The van der Waals surface area contributed by atoms with Crippen LogP contribution in [0.15, 0.2) is 35.1 Å². The van der Waals surface area contributed by atoms with Crippen LogP contribution >= 0.6 is 0 Å². The second-order valence-corrected chi connectivity index (χ2v) is 4.44. The molecule has 0 radical (unpaired) electrons. The van der Waals surface area contributed by atoms with E-state index in [1.165, 1.54) is 5.56 Å². The van der Waals surface area contributed by atoms with E-state index in [2.05, 4.69) is 6.92 Å². The zero-order chi connectivity index (χ0) is 12.6. The normalized spacial score (nSPS) is 10.6. The van der Waals surface area contributed by atoms with Crippen LogP contribution in [0.1, 0.15) is 22.4 Å². The summed E-state index contributed by atoms with van der Waals surface area (Å²) in [6.07, 6.45) is 0. The van der Waals surface area contributed by atoms with E-state index >= 15 is 0 Å². The first-order valence-electron chi connectivity index (χ1n) is 5.79. The van der Waals surface area contributed by atoms with Gasteiger partial charge in [-0.05, 0) is 51.0 Å². The number of benzene rings is 1. The molecule has 0 fully saturated rings. The van der Waals surface area contributed by atoms with Crippen molar-refractivity contribution >= 4 is 0 Å². The molecule has 88 valence electrons. The van der Waals surface area contributed by atoms with Gasteiger partial charge in [0.1, 0.15) is 0 Å². The first-order chi connectivity index (χ1) is 8.04. The standard InChI is InChI=1S/C15H17NO/c1-10-11(2)13(4)16(15(17)12(10)3)14-8-6-5-7-9-14/h5-9H,1-4H3. The van der Waals surface area contributed by atoms with Crippen molar-refractivity contribution < 1.29 is 0 Å². The number of aromatic nitrogens is 1. The van der Waals surface area contributed by atoms with Crippen LogP contribution in [-0.2, 0) is 0 Å². The Bertz CT molecular complexity index is 609. The zero-order valence-electron chi connectivity index (χ0n) is 10.7. The van der Waals surface area contributed by atoms with E-state index in [0.29, 0.717) is 0 Å². The molecular weight excluding hydrogens is 210 g/mol. The Morgan fingerprint density at radius 3 is 2.00 bits per heavy atom. The Labute approximate surface area is 102 Å². The van der Waals surface area contributed by atoms with Crippen LogP contribution in [0.4, 0.5) is 0 Å². The lowest BCUT2D eigenvalue weighted by Crippen LogP contribution is -2.25. The van der Waals surface area contributed by atoms with Crippen molar-refractivity contribution in [3.05, 3.63) is 63.1 Å². The topological polar surface area (TPSA) is 22.0 Å². The third-order valence-electron chi connectivity index (χ3n) is 3.54. The molecule has 0 saturated heterocycles. The smallest absolute Gasteiger partial charge is 0.258 e. The number of hydrogen-bond acceptors (Lipinski definition) is 1. The highest BCUT2D eigenvalue weighted by molar-refractivity contribution is 5.41. The van der Waals surface area contributed by atoms with Crippen molar-refractivity contribution in [2.24, 2.45) is 0 Å². The van der Waals surface area contributed by atoms with E-state index in [0.717, 1.165) is 22.5 Å². The van der Waals surface area contributed by atoms with Crippen LogP contribution in [0.5, 0.6) is 0 Å². The Kier molecular flexibility index (Phi) is 2.88. The van der Waals surface area contributed by atoms with E-state index in [9.17, 15) is 4.79 Å². The lowest BCUT2D eigenvalue weighted by molar-refractivity contribution is 0.891. The Morgan fingerprint density at radius 2 is 1.41 bits per heavy atom. The van der Waals surface area contributed by atoms with Crippen molar-refractivity contribution in [2.75, 3.05) is 0 Å². The van der Waals surface area contributed by atoms with Gasteiger partial charge in [0.15, 0.2) is 0 Å². The molecule has 1 aromatic heterocycles. The molecule has 0 aliphatic rings. The van der Waals surface area contributed by atoms with E-state index in [4.69, 9.17) is 0 Å². The summed E-state index contributed by atoms with van der Waals surface area (Å²) >= 11 is 0. The lowest BCUT2D eigenvalue weighted by Gasteiger charge is -2.16. The van der Waals surface area contributed by atoms with Gasteiger partial charge in [0.2, 0.25) is 0 Å². The van der Waals surface area contributed by atoms with E-state index < -0.39 is 0 Å². The molecule has 0 atom stereocenters. The number of rotatable bonds is 1. The summed E-state index contributed by atoms with van der Waals surface area (Å²) in [7, 11) is 0. The van der Waals surface area contributed by atoms with Gasteiger partial charge in [0.05, 0.1) is 0 Å². The number of hydrogen-bond donors (Lipinski definition) is 0. The molecule has 0 unspecified atom stereocenters. The fraction of sp³-hybridized carbons (Fsp3) is 0.267. The van der Waals surface area contributed by atoms with Gasteiger partial charge in [-0.25, -0.2) is 0 Å². The van der Waals surface area contributed by atoms with Crippen molar-refractivity contribution in [2.45, 2.75) is 27.7 Å².